The van der Waals surface area contributed by atoms with Crippen molar-refractivity contribution in [2.24, 2.45) is 4.99 Å². The predicted octanol–water partition coefficient (Wildman–Crippen LogP) is 3.23. The molecular weight excluding hydrogens is 420 g/mol. The van der Waals surface area contributed by atoms with E-state index in [1.54, 1.807) is 42.5 Å². The lowest BCUT2D eigenvalue weighted by atomic mass is 10.2. The molecule has 1 N–H and O–H groups in total. The SMILES string of the molecule is COc1ccc(NC(=O)CC2SC(c3cc4ccccc4oc3=O)=NC2=O)c(OC)c1. The third-order valence-electron chi connectivity index (χ3n) is 4.67. The van der Waals surface area contributed by atoms with Gasteiger partial charge in [0.25, 0.3) is 5.91 Å². The summed E-state index contributed by atoms with van der Waals surface area (Å²) in [5.41, 5.74) is 0.540. The number of fused-ring (bicyclic) bond motifs is 1. The Balaban J connectivity index is 1.47. The summed E-state index contributed by atoms with van der Waals surface area (Å²) in [5, 5.41) is 2.98. The van der Waals surface area contributed by atoms with Crippen molar-refractivity contribution >= 4 is 45.3 Å². The average Bonchev–Trinajstić information content (AvgIpc) is 3.13. The lowest BCUT2D eigenvalue weighted by molar-refractivity contribution is -0.121. The summed E-state index contributed by atoms with van der Waals surface area (Å²) < 4.78 is 15.7. The molecule has 2 amide bonds. The van der Waals surface area contributed by atoms with Crippen LogP contribution in [0.2, 0.25) is 0 Å². The fraction of sp³-hybridized carbons (Fsp3) is 0.182. The Morgan fingerprint density at radius 3 is 2.71 bits per heavy atom. The molecule has 2 aromatic carbocycles. The fourth-order valence-electron chi connectivity index (χ4n) is 3.12. The first kappa shape index (κ1) is 20.7. The van der Waals surface area contributed by atoms with Gasteiger partial charge in [-0.15, -0.1) is 0 Å². The number of rotatable bonds is 6. The highest BCUT2D eigenvalue weighted by Crippen LogP contribution is 2.31. The molecular formula is C22H18N2O6S. The first-order chi connectivity index (χ1) is 15.0. The number of para-hydroxylation sites is 1. The van der Waals surface area contributed by atoms with E-state index in [1.165, 1.54) is 14.2 Å². The Labute approximate surface area is 181 Å². The Morgan fingerprint density at radius 2 is 1.94 bits per heavy atom. The molecule has 9 heteroatoms. The summed E-state index contributed by atoms with van der Waals surface area (Å²) in [5.74, 6) is 0.174. The number of thioether (sulfide) groups is 1. The van der Waals surface area contributed by atoms with Crippen LogP contribution in [0.1, 0.15) is 12.0 Å². The minimum Gasteiger partial charge on any atom is -0.497 e. The summed E-state index contributed by atoms with van der Waals surface area (Å²) in [6.45, 7) is 0. The van der Waals surface area contributed by atoms with Gasteiger partial charge in [-0.3, -0.25) is 9.59 Å². The number of nitrogens with one attached hydrogen (secondary N) is 1. The van der Waals surface area contributed by atoms with Crippen LogP contribution >= 0.6 is 11.8 Å². The largest absolute Gasteiger partial charge is 0.497 e. The molecule has 2 heterocycles. The zero-order chi connectivity index (χ0) is 22.0. The summed E-state index contributed by atoms with van der Waals surface area (Å²) in [7, 11) is 3.01. The van der Waals surface area contributed by atoms with E-state index in [2.05, 4.69) is 10.3 Å². The molecule has 0 spiro atoms. The first-order valence-electron chi connectivity index (χ1n) is 9.33. The van der Waals surface area contributed by atoms with E-state index >= 15 is 0 Å². The molecule has 1 aliphatic heterocycles. The number of carbonyl (C=O) groups is 2. The molecule has 31 heavy (non-hydrogen) atoms. The summed E-state index contributed by atoms with van der Waals surface area (Å²) >= 11 is 1.08. The highest BCUT2D eigenvalue weighted by atomic mass is 32.2. The van der Waals surface area contributed by atoms with Gasteiger partial charge in [-0.2, -0.15) is 0 Å². The lowest BCUT2D eigenvalue weighted by Gasteiger charge is -2.12. The van der Waals surface area contributed by atoms with E-state index in [1.807, 2.05) is 6.07 Å². The maximum atomic E-state index is 12.5. The molecule has 1 aliphatic rings. The Hall–Kier alpha value is -3.59. The topological polar surface area (TPSA) is 107 Å². The van der Waals surface area contributed by atoms with Crippen molar-refractivity contribution in [1.82, 2.24) is 0 Å². The summed E-state index contributed by atoms with van der Waals surface area (Å²) in [6, 6.07) is 13.7. The molecule has 0 aliphatic carbocycles. The van der Waals surface area contributed by atoms with Crippen molar-refractivity contribution in [3.63, 3.8) is 0 Å². The second-order valence-corrected chi connectivity index (χ2v) is 7.86. The molecule has 8 nitrogen and oxygen atoms in total. The molecule has 158 valence electrons. The predicted molar refractivity (Wildman–Crippen MR) is 118 cm³/mol. The third kappa shape index (κ3) is 4.31. The third-order valence-corrected chi connectivity index (χ3v) is 5.85. The molecule has 3 aromatic rings. The molecule has 1 atom stereocenters. The number of hydrogen-bond donors (Lipinski definition) is 1. The van der Waals surface area contributed by atoms with Gasteiger partial charge in [0.2, 0.25) is 5.91 Å². The Morgan fingerprint density at radius 1 is 1.13 bits per heavy atom. The second kappa shape index (κ2) is 8.65. The number of benzene rings is 2. The van der Waals surface area contributed by atoms with Crippen molar-refractivity contribution in [3.05, 3.63) is 64.5 Å². The average molecular weight is 438 g/mol. The molecule has 0 saturated heterocycles. The van der Waals surface area contributed by atoms with E-state index in [0.29, 0.717) is 22.8 Å². The normalized spacial score (nSPS) is 15.6. The molecule has 0 fully saturated rings. The van der Waals surface area contributed by atoms with E-state index in [9.17, 15) is 14.4 Å². The number of carbonyl (C=O) groups excluding carboxylic acids is 2. The van der Waals surface area contributed by atoms with Crippen LogP contribution in [-0.2, 0) is 9.59 Å². The van der Waals surface area contributed by atoms with Crippen LogP contribution in [0.15, 0.2) is 62.7 Å². The van der Waals surface area contributed by atoms with Crippen LogP contribution < -0.4 is 20.4 Å². The van der Waals surface area contributed by atoms with Crippen LogP contribution in [0.3, 0.4) is 0 Å². The number of nitrogens with zero attached hydrogens (tertiary/aromatic N) is 1. The number of amides is 2. The lowest BCUT2D eigenvalue weighted by Crippen LogP contribution is -2.21. The number of methoxy groups -OCH3 is 2. The van der Waals surface area contributed by atoms with Gasteiger partial charge >= 0.3 is 5.63 Å². The van der Waals surface area contributed by atoms with E-state index in [4.69, 9.17) is 13.9 Å². The van der Waals surface area contributed by atoms with Gasteiger partial charge in [0.05, 0.1) is 25.5 Å². The number of anilines is 1. The van der Waals surface area contributed by atoms with Gasteiger partial charge in [0.15, 0.2) is 0 Å². The summed E-state index contributed by atoms with van der Waals surface area (Å²) in [4.78, 5) is 41.2. The second-order valence-electron chi connectivity index (χ2n) is 6.67. The number of hydrogen-bond acceptors (Lipinski definition) is 7. The van der Waals surface area contributed by atoms with Crippen LogP contribution in [0.5, 0.6) is 11.5 Å². The monoisotopic (exact) mass is 438 g/mol. The zero-order valence-corrected chi connectivity index (χ0v) is 17.5. The maximum absolute atomic E-state index is 12.5. The van der Waals surface area contributed by atoms with Gasteiger partial charge < -0.3 is 19.2 Å². The van der Waals surface area contributed by atoms with E-state index in [-0.39, 0.29) is 22.9 Å². The van der Waals surface area contributed by atoms with Gasteiger partial charge in [-0.1, -0.05) is 30.0 Å². The summed E-state index contributed by atoms with van der Waals surface area (Å²) in [6.07, 6.45) is -0.107. The highest BCUT2D eigenvalue weighted by molar-refractivity contribution is 8.16. The molecule has 4 rings (SSSR count). The first-order valence-corrected chi connectivity index (χ1v) is 10.2. The van der Waals surface area contributed by atoms with Crippen molar-refractivity contribution < 1.29 is 23.5 Å². The highest BCUT2D eigenvalue weighted by Gasteiger charge is 2.32. The zero-order valence-electron chi connectivity index (χ0n) is 16.7. The van der Waals surface area contributed by atoms with E-state index < -0.39 is 16.8 Å². The molecule has 1 aromatic heterocycles. The van der Waals surface area contributed by atoms with Crippen LogP contribution in [0.4, 0.5) is 5.69 Å². The molecule has 0 saturated carbocycles. The minimum absolute atomic E-state index is 0.107. The maximum Gasteiger partial charge on any atom is 0.346 e. The molecule has 0 bridgehead atoms. The number of aliphatic imine (C=N–C) groups is 1. The standard InChI is InChI=1S/C22H18N2O6S/c1-28-13-7-8-15(17(10-13)29-2)23-19(25)11-18-20(26)24-21(31-18)14-9-12-5-3-4-6-16(12)30-22(14)27/h3-10,18H,11H2,1-2H3,(H,23,25). The fourth-order valence-corrected chi connectivity index (χ4v) is 4.19. The van der Waals surface area contributed by atoms with Gasteiger partial charge in [0.1, 0.15) is 27.4 Å². The van der Waals surface area contributed by atoms with Gasteiger partial charge in [0, 0.05) is 17.9 Å². The van der Waals surface area contributed by atoms with Crippen LogP contribution in [-0.4, -0.2) is 36.3 Å². The quantitative estimate of drug-likeness (QED) is 0.589. The van der Waals surface area contributed by atoms with Crippen molar-refractivity contribution in [1.29, 1.82) is 0 Å². The van der Waals surface area contributed by atoms with Gasteiger partial charge in [-0.25, -0.2) is 9.79 Å². The minimum atomic E-state index is -0.731. The smallest absolute Gasteiger partial charge is 0.346 e. The van der Waals surface area contributed by atoms with Crippen molar-refractivity contribution in [2.75, 3.05) is 19.5 Å². The van der Waals surface area contributed by atoms with Crippen LogP contribution in [0, 0.1) is 0 Å². The van der Waals surface area contributed by atoms with E-state index in [0.717, 1.165) is 17.1 Å². The number of ether oxygens (including phenoxy) is 2. The Bertz CT molecular complexity index is 1270. The van der Waals surface area contributed by atoms with Crippen LogP contribution in [0.25, 0.3) is 11.0 Å². The molecule has 1 unspecified atom stereocenters. The molecule has 0 radical (unpaired) electrons. The van der Waals surface area contributed by atoms with Crippen molar-refractivity contribution in [2.45, 2.75) is 11.7 Å². The Kier molecular flexibility index (Phi) is 5.77. The van der Waals surface area contributed by atoms with Gasteiger partial charge in [-0.05, 0) is 24.3 Å². The van der Waals surface area contributed by atoms with Crippen molar-refractivity contribution in [3.8, 4) is 11.5 Å².